The van der Waals surface area contributed by atoms with Gasteiger partial charge in [0.2, 0.25) is 5.90 Å². The molecule has 0 aliphatic carbocycles. The Labute approximate surface area is 188 Å². The summed E-state index contributed by atoms with van der Waals surface area (Å²) in [5.74, 6) is 1.26. The van der Waals surface area contributed by atoms with E-state index in [0.717, 1.165) is 24.3 Å². The third-order valence-corrected chi connectivity index (χ3v) is 8.83. The van der Waals surface area contributed by atoms with Gasteiger partial charge in [-0.25, -0.2) is 4.99 Å². The highest BCUT2D eigenvalue weighted by Crippen LogP contribution is 2.40. The van der Waals surface area contributed by atoms with Gasteiger partial charge in [0.15, 0.2) is 0 Å². The van der Waals surface area contributed by atoms with Gasteiger partial charge in [-0.15, -0.1) is 0 Å². The fourth-order valence-corrected chi connectivity index (χ4v) is 7.09. The summed E-state index contributed by atoms with van der Waals surface area (Å²) in [6, 6.07) is 30.6. The summed E-state index contributed by atoms with van der Waals surface area (Å²) < 4.78 is 6.73. The number of rotatable bonds is 7. The van der Waals surface area contributed by atoms with Gasteiger partial charge in [0.25, 0.3) is 0 Å². The van der Waals surface area contributed by atoms with E-state index in [-0.39, 0.29) is 11.6 Å². The second kappa shape index (κ2) is 9.37. The molecule has 3 aromatic carbocycles. The number of aliphatic imine (C=N–C) groups is 1. The molecule has 0 unspecified atom stereocenters. The molecular weight excluding hydrogens is 397 g/mol. The Hall–Kier alpha value is -2.44. The highest BCUT2D eigenvalue weighted by atomic mass is 31.1. The normalized spacial score (nSPS) is 17.6. The molecule has 0 spiro atoms. The van der Waals surface area contributed by atoms with E-state index in [0.29, 0.717) is 5.92 Å². The standard InChI is InChI=1S/C28H32NOP/c1-5-28(6-2)26(21(3)4)29-27(30-28)24-19-13-14-20-25(24)31(22-15-9-7-10-16-22)23-17-11-8-12-18-23/h7-21,26H,5-6H2,1-4H3/t26-/m0/s1. The molecule has 160 valence electrons. The van der Waals surface area contributed by atoms with Crippen LogP contribution in [0.25, 0.3) is 0 Å². The molecule has 1 aliphatic rings. The van der Waals surface area contributed by atoms with E-state index < -0.39 is 7.92 Å². The molecule has 1 atom stereocenters. The Bertz CT molecular complexity index is 986. The molecule has 31 heavy (non-hydrogen) atoms. The van der Waals surface area contributed by atoms with Gasteiger partial charge >= 0.3 is 0 Å². The molecule has 0 radical (unpaired) electrons. The molecule has 0 N–H and O–H groups in total. The largest absolute Gasteiger partial charge is 0.469 e. The van der Waals surface area contributed by atoms with Crippen molar-refractivity contribution in [3.63, 3.8) is 0 Å². The van der Waals surface area contributed by atoms with Crippen LogP contribution in [0.15, 0.2) is 89.9 Å². The fraction of sp³-hybridized carbons (Fsp3) is 0.321. The summed E-state index contributed by atoms with van der Waals surface area (Å²) >= 11 is 0. The Kier molecular flexibility index (Phi) is 6.58. The number of ether oxygens (including phenoxy) is 1. The van der Waals surface area contributed by atoms with Gasteiger partial charge in [0.05, 0.1) is 6.04 Å². The number of hydrogen-bond donors (Lipinski definition) is 0. The fourth-order valence-electron chi connectivity index (χ4n) is 4.65. The van der Waals surface area contributed by atoms with E-state index in [1.807, 2.05) is 0 Å². The van der Waals surface area contributed by atoms with Crippen molar-refractivity contribution in [2.45, 2.75) is 52.2 Å². The average molecular weight is 430 g/mol. The predicted molar refractivity (Wildman–Crippen MR) is 135 cm³/mol. The van der Waals surface area contributed by atoms with Crippen LogP contribution < -0.4 is 15.9 Å². The summed E-state index contributed by atoms with van der Waals surface area (Å²) in [6.07, 6.45) is 1.93. The van der Waals surface area contributed by atoms with E-state index in [4.69, 9.17) is 9.73 Å². The molecule has 0 amide bonds. The summed E-state index contributed by atoms with van der Waals surface area (Å²) in [4.78, 5) is 5.19. The predicted octanol–water partition coefficient (Wildman–Crippen LogP) is 5.81. The smallest absolute Gasteiger partial charge is 0.217 e. The Morgan fingerprint density at radius 3 is 1.81 bits per heavy atom. The van der Waals surface area contributed by atoms with Crippen LogP contribution in [0.4, 0.5) is 0 Å². The minimum Gasteiger partial charge on any atom is -0.469 e. The molecule has 1 heterocycles. The van der Waals surface area contributed by atoms with Gasteiger partial charge in [0, 0.05) is 5.56 Å². The lowest BCUT2D eigenvalue weighted by Crippen LogP contribution is -2.42. The van der Waals surface area contributed by atoms with Crippen LogP contribution in [-0.2, 0) is 4.74 Å². The van der Waals surface area contributed by atoms with Crippen molar-refractivity contribution in [1.29, 1.82) is 0 Å². The summed E-state index contributed by atoms with van der Waals surface area (Å²) in [7, 11) is -0.713. The maximum Gasteiger partial charge on any atom is 0.217 e. The first kappa shape index (κ1) is 21.8. The number of hydrogen-bond acceptors (Lipinski definition) is 2. The van der Waals surface area contributed by atoms with Crippen LogP contribution in [0.3, 0.4) is 0 Å². The van der Waals surface area contributed by atoms with Crippen molar-refractivity contribution in [3.05, 3.63) is 90.5 Å². The van der Waals surface area contributed by atoms with Crippen LogP contribution >= 0.6 is 7.92 Å². The highest BCUT2D eigenvalue weighted by molar-refractivity contribution is 7.80. The van der Waals surface area contributed by atoms with Crippen molar-refractivity contribution in [2.75, 3.05) is 0 Å². The van der Waals surface area contributed by atoms with Gasteiger partial charge < -0.3 is 4.74 Å². The number of benzene rings is 3. The minimum absolute atomic E-state index is 0.185. The van der Waals surface area contributed by atoms with E-state index in [2.05, 4.69) is 113 Å². The molecule has 0 saturated carbocycles. The molecule has 0 fully saturated rings. The average Bonchev–Trinajstić information content (AvgIpc) is 3.22. The first-order chi connectivity index (χ1) is 15.1. The monoisotopic (exact) mass is 429 g/mol. The van der Waals surface area contributed by atoms with E-state index in [9.17, 15) is 0 Å². The minimum atomic E-state index is -0.713. The van der Waals surface area contributed by atoms with Crippen molar-refractivity contribution in [1.82, 2.24) is 0 Å². The van der Waals surface area contributed by atoms with Crippen LogP contribution in [0, 0.1) is 5.92 Å². The quantitative estimate of drug-likeness (QED) is 0.435. The Morgan fingerprint density at radius 1 is 0.806 bits per heavy atom. The van der Waals surface area contributed by atoms with Crippen molar-refractivity contribution < 1.29 is 4.74 Å². The molecule has 4 rings (SSSR count). The molecule has 3 aromatic rings. The zero-order chi connectivity index (χ0) is 21.8. The van der Waals surface area contributed by atoms with Crippen LogP contribution in [0.1, 0.15) is 46.1 Å². The zero-order valence-electron chi connectivity index (χ0n) is 19.0. The van der Waals surface area contributed by atoms with Crippen LogP contribution in [-0.4, -0.2) is 17.5 Å². The number of nitrogens with zero attached hydrogens (tertiary/aromatic N) is 1. The highest BCUT2D eigenvalue weighted by Gasteiger charge is 2.46. The van der Waals surface area contributed by atoms with Crippen LogP contribution in [0.5, 0.6) is 0 Å². The lowest BCUT2D eigenvalue weighted by atomic mass is 9.83. The van der Waals surface area contributed by atoms with Crippen LogP contribution in [0.2, 0.25) is 0 Å². The van der Waals surface area contributed by atoms with Gasteiger partial charge in [0.1, 0.15) is 5.60 Å². The molecular formula is C28H32NOP. The third-order valence-electron chi connectivity index (χ3n) is 6.33. The van der Waals surface area contributed by atoms with Gasteiger partial charge in [-0.05, 0) is 48.7 Å². The summed E-state index contributed by atoms with van der Waals surface area (Å²) in [5.41, 5.74) is 0.925. The first-order valence-electron chi connectivity index (χ1n) is 11.4. The maximum absolute atomic E-state index is 6.73. The molecule has 3 heteroatoms. The second-order valence-corrected chi connectivity index (χ2v) is 10.7. The molecule has 1 aliphatic heterocycles. The van der Waals surface area contributed by atoms with Crippen molar-refractivity contribution in [2.24, 2.45) is 10.9 Å². The zero-order valence-corrected chi connectivity index (χ0v) is 19.8. The molecule has 0 bridgehead atoms. The lowest BCUT2D eigenvalue weighted by molar-refractivity contribution is 0.0343. The maximum atomic E-state index is 6.73. The third kappa shape index (κ3) is 4.19. The second-order valence-electron chi connectivity index (χ2n) is 8.52. The summed E-state index contributed by atoms with van der Waals surface area (Å²) in [6.45, 7) is 8.97. The van der Waals surface area contributed by atoms with Crippen molar-refractivity contribution in [3.8, 4) is 0 Å². The van der Waals surface area contributed by atoms with Crippen molar-refractivity contribution >= 4 is 29.7 Å². The van der Waals surface area contributed by atoms with E-state index in [1.54, 1.807) is 0 Å². The topological polar surface area (TPSA) is 21.6 Å². The molecule has 2 nitrogen and oxygen atoms in total. The van der Waals surface area contributed by atoms with Gasteiger partial charge in [-0.1, -0.05) is 107 Å². The Balaban J connectivity index is 1.85. The first-order valence-corrected chi connectivity index (χ1v) is 12.7. The van der Waals surface area contributed by atoms with E-state index >= 15 is 0 Å². The molecule has 0 saturated heterocycles. The van der Waals surface area contributed by atoms with E-state index in [1.165, 1.54) is 15.9 Å². The van der Waals surface area contributed by atoms with Gasteiger partial charge in [-0.2, -0.15) is 0 Å². The Morgan fingerprint density at radius 2 is 1.32 bits per heavy atom. The molecule has 0 aromatic heterocycles. The van der Waals surface area contributed by atoms with Gasteiger partial charge in [-0.3, -0.25) is 0 Å². The summed E-state index contributed by atoms with van der Waals surface area (Å²) in [5, 5.41) is 3.99. The SMILES string of the molecule is CCC1(CC)OC(c2ccccc2P(c2ccccc2)c2ccccc2)=N[C@H]1C(C)C. The lowest BCUT2D eigenvalue weighted by Gasteiger charge is -2.33.